The van der Waals surface area contributed by atoms with E-state index >= 15 is 0 Å². The predicted octanol–water partition coefficient (Wildman–Crippen LogP) is 3.29. The van der Waals surface area contributed by atoms with Crippen LogP contribution in [0.5, 0.6) is 0 Å². The van der Waals surface area contributed by atoms with Crippen molar-refractivity contribution in [2.75, 3.05) is 18.0 Å². The smallest absolute Gasteiger partial charge is 0.271 e. The highest BCUT2D eigenvalue weighted by atomic mass is 35.5. The molecule has 1 aromatic heterocycles. The standard InChI is InChI=1S/C21H25ClN4O2/c1-13(27)18(14-4-5-14)25-21(28)17-12-23-20(26-10-2-3-11-26)19(24-17)15-6-8-16(22)9-7-15/h6-9,12-14,18,27H,2-5,10-11H2,1H3,(H,25,28)/t13-,18?/m1/s1. The molecule has 2 aliphatic rings. The van der Waals surface area contributed by atoms with Crippen LogP contribution in [0, 0.1) is 5.92 Å². The van der Waals surface area contributed by atoms with Crippen molar-refractivity contribution in [3.8, 4) is 11.3 Å². The van der Waals surface area contributed by atoms with Gasteiger partial charge in [-0.1, -0.05) is 23.7 Å². The first-order valence-corrected chi connectivity index (χ1v) is 10.3. The van der Waals surface area contributed by atoms with Gasteiger partial charge in [-0.3, -0.25) is 4.79 Å². The van der Waals surface area contributed by atoms with Crippen LogP contribution in [-0.2, 0) is 0 Å². The van der Waals surface area contributed by atoms with Crippen LogP contribution in [-0.4, -0.2) is 46.2 Å². The van der Waals surface area contributed by atoms with Gasteiger partial charge in [-0.25, -0.2) is 9.97 Å². The summed E-state index contributed by atoms with van der Waals surface area (Å²) < 4.78 is 0. The van der Waals surface area contributed by atoms with Gasteiger partial charge >= 0.3 is 0 Å². The predicted molar refractivity (Wildman–Crippen MR) is 110 cm³/mol. The van der Waals surface area contributed by atoms with Crippen molar-refractivity contribution < 1.29 is 9.90 Å². The molecule has 1 saturated carbocycles. The number of hydrogen-bond donors (Lipinski definition) is 2. The molecule has 2 atom stereocenters. The molecule has 1 amide bonds. The maximum Gasteiger partial charge on any atom is 0.271 e. The Morgan fingerprint density at radius 1 is 1.25 bits per heavy atom. The van der Waals surface area contributed by atoms with Crippen LogP contribution in [0.3, 0.4) is 0 Å². The summed E-state index contributed by atoms with van der Waals surface area (Å²) in [6.07, 6.45) is 5.26. The summed E-state index contributed by atoms with van der Waals surface area (Å²) in [6, 6.07) is 7.18. The number of halogens is 1. The zero-order valence-corrected chi connectivity index (χ0v) is 16.7. The molecule has 0 bridgehead atoms. The normalized spacial score (nSPS) is 18.8. The number of carbonyl (C=O) groups is 1. The second-order valence-electron chi connectivity index (χ2n) is 7.71. The van der Waals surface area contributed by atoms with E-state index in [1.165, 1.54) is 6.20 Å². The molecule has 6 nitrogen and oxygen atoms in total. The van der Waals surface area contributed by atoms with Gasteiger partial charge in [0, 0.05) is 23.7 Å². The molecule has 1 unspecified atom stereocenters. The van der Waals surface area contributed by atoms with Crippen LogP contribution >= 0.6 is 11.6 Å². The third-order valence-electron chi connectivity index (χ3n) is 5.46. The lowest BCUT2D eigenvalue weighted by molar-refractivity contribution is 0.0831. The van der Waals surface area contributed by atoms with Crippen molar-refractivity contribution in [2.45, 2.75) is 44.8 Å². The molecule has 1 aliphatic heterocycles. The van der Waals surface area contributed by atoms with E-state index < -0.39 is 6.10 Å². The Hall–Kier alpha value is -2.18. The number of nitrogens with zero attached hydrogens (tertiary/aromatic N) is 3. The van der Waals surface area contributed by atoms with E-state index in [1.807, 2.05) is 24.3 Å². The second kappa shape index (κ2) is 8.05. The van der Waals surface area contributed by atoms with Crippen LogP contribution < -0.4 is 10.2 Å². The molecule has 1 aliphatic carbocycles. The van der Waals surface area contributed by atoms with Crippen molar-refractivity contribution in [3.05, 3.63) is 41.2 Å². The first-order valence-electron chi connectivity index (χ1n) is 9.90. The Bertz CT molecular complexity index is 844. The quantitative estimate of drug-likeness (QED) is 0.777. The topological polar surface area (TPSA) is 78.3 Å². The Morgan fingerprint density at radius 2 is 1.93 bits per heavy atom. The average molecular weight is 401 g/mol. The highest BCUT2D eigenvalue weighted by Crippen LogP contribution is 2.34. The molecule has 0 radical (unpaired) electrons. The van der Waals surface area contributed by atoms with E-state index in [0.29, 0.717) is 16.6 Å². The molecule has 7 heteroatoms. The third-order valence-corrected chi connectivity index (χ3v) is 5.71. The monoisotopic (exact) mass is 400 g/mol. The highest BCUT2D eigenvalue weighted by molar-refractivity contribution is 6.30. The Balaban J connectivity index is 1.66. The summed E-state index contributed by atoms with van der Waals surface area (Å²) in [5.74, 6) is 0.843. The summed E-state index contributed by atoms with van der Waals surface area (Å²) >= 11 is 6.04. The number of hydrogen-bond acceptors (Lipinski definition) is 5. The fraction of sp³-hybridized carbons (Fsp3) is 0.476. The lowest BCUT2D eigenvalue weighted by Crippen LogP contribution is -2.44. The molecule has 4 rings (SSSR count). The largest absolute Gasteiger partial charge is 0.391 e. The fourth-order valence-electron chi connectivity index (χ4n) is 3.77. The fourth-order valence-corrected chi connectivity index (χ4v) is 3.89. The molecular formula is C21H25ClN4O2. The van der Waals surface area contributed by atoms with Crippen molar-refractivity contribution in [2.24, 2.45) is 5.92 Å². The van der Waals surface area contributed by atoms with Gasteiger partial charge in [-0.05, 0) is 50.7 Å². The van der Waals surface area contributed by atoms with Gasteiger partial charge in [0.1, 0.15) is 11.4 Å². The molecule has 28 heavy (non-hydrogen) atoms. The summed E-state index contributed by atoms with van der Waals surface area (Å²) in [4.78, 5) is 24.3. The molecule has 1 aromatic carbocycles. The Morgan fingerprint density at radius 3 is 2.54 bits per heavy atom. The van der Waals surface area contributed by atoms with Gasteiger partial charge in [0.25, 0.3) is 5.91 Å². The molecule has 2 aromatic rings. The van der Waals surface area contributed by atoms with E-state index in [0.717, 1.165) is 50.2 Å². The minimum Gasteiger partial charge on any atom is -0.391 e. The first-order chi connectivity index (χ1) is 13.5. The molecule has 2 N–H and O–H groups in total. The van der Waals surface area contributed by atoms with Gasteiger partial charge in [-0.15, -0.1) is 0 Å². The van der Waals surface area contributed by atoms with Gasteiger partial charge in [0.05, 0.1) is 18.3 Å². The van der Waals surface area contributed by atoms with Gasteiger partial charge in [0.15, 0.2) is 5.82 Å². The highest BCUT2D eigenvalue weighted by Gasteiger charge is 2.35. The SMILES string of the molecule is C[C@@H](O)C(NC(=O)c1cnc(N2CCCC2)c(-c2ccc(Cl)cc2)n1)C1CC1. The molecule has 1 saturated heterocycles. The number of aromatic nitrogens is 2. The average Bonchev–Trinajstić information content (AvgIpc) is 3.38. The van der Waals surface area contributed by atoms with Gasteiger partial charge in [-0.2, -0.15) is 0 Å². The van der Waals surface area contributed by atoms with Gasteiger partial charge in [0.2, 0.25) is 0 Å². The minimum atomic E-state index is -0.594. The zero-order chi connectivity index (χ0) is 19.7. The van der Waals surface area contributed by atoms with Crippen LogP contribution in [0.1, 0.15) is 43.1 Å². The number of aliphatic hydroxyl groups is 1. The van der Waals surface area contributed by atoms with Crippen molar-refractivity contribution in [3.63, 3.8) is 0 Å². The minimum absolute atomic E-state index is 0.244. The first kappa shape index (κ1) is 19.2. The van der Waals surface area contributed by atoms with Crippen LogP contribution in [0.4, 0.5) is 5.82 Å². The lowest BCUT2D eigenvalue weighted by atomic mass is 10.1. The number of anilines is 1. The van der Waals surface area contributed by atoms with Crippen molar-refractivity contribution >= 4 is 23.3 Å². The van der Waals surface area contributed by atoms with E-state index in [9.17, 15) is 9.90 Å². The summed E-state index contributed by atoms with van der Waals surface area (Å²) in [7, 11) is 0. The summed E-state index contributed by atoms with van der Waals surface area (Å²) in [6.45, 7) is 3.59. The van der Waals surface area contributed by atoms with Gasteiger partial charge < -0.3 is 15.3 Å². The van der Waals surface area contributed by atoms with Crippen LogP contribution in [0.25, 0.3) is 11.3 Å². The maximum atomic E-state index is 12.8. The number of rotatable bonds is 6. The lowest BCUT2D eigenvalue weighted by Gasteiger charge is -2.22. The molecule has 2 fully saturated rings. The number of aliphatic hydroxyl groups excluding tert-OH is 1. The third kappa shape index (κ3) is 4.13. The summed E-state index contributed by atoms with van der Waals surface area (Å²) in [5.41, 5.74) is 1.83. The van der Waals surface area contributed by atoms with E-state index in [2.05, 4.69) is 20.2 Å². The second-order valence-corrected chi connectivity index (χ2v) is 8.14. The molecule has 148 valence electrons. The molecule has 0 spiro atoms. The van der Waals surface area contributed by atoms with Crippen LogP contribution in [0.15, 0.2) is 30.5 Å². The van der Waals surface area contributed by atoms with E-state index in [-0.39, 0.29) is 17.6 Å². The van der Waals surface area contributed by atoms with E-state index in [1.54, 1.807) is 6.92 Å². The molecular weight excluding hydrogens is 376 g/mol. The maximum absolute atomic E-state index is 12.8. The van der Waals surface area contributed by atoms with Crippen molar-refractivity contribution in [1.29, 1.82) is 0 Å². The Labute approximate surface area is 169 Å². The number of nitrogens with one attached hydrogen (secondary N) is 1. The Kier molecular flexibility index (Phi) is 5.51. The number of benzene rings is 1. The zero-order valence-electron chi connectivity index (χ0n) is 15.9. The molecule has 2 heterocycles. The number of carbonyl (C=O) groups excluding carboxylic acids is 1. The summed E-state index contributed by atoms with van der Waals surface area (Å²) in [5, 5.41) is 13.6. The van der Waals surface area contributed by atoms with Crippen LogP contribution in [0.2, 0.25) is 5.02 Å². The van der Waals surface area contributed by atoms with Crippen molar-refractivity contribution in [1.82, 2.24) is 15.3 Å². The number of amides is 1. The van der Waals surface area contributed by atoms with E-state index in [4.69, 9.17) is 11.6 Å².